The van der Waals surface area contributed by atoms with Crippen LogP contribution in [0.2, 0.25) is 0 Å². The minimum Gasteiger partial charge on any atom is -0.347 e. The van der Waals surface area contributed by atoms with E-state index < -0.39 is 0 Å². The topological polar surface area (TPSA) is 77.7 Å². The largest absolute Gasteiger partial charge is 0.347 e. The minimum atomic E-state index is -0.361. The van der Waals surface area contributed by atoms with Crippen molar-refractivity contribution in [3.05, 3.63) is 95.5 Å². The van der Waals surface area contributed by atoms with Crippen LogP contribution in [0.3, 0.4) is 0 Å². The van der Waals surface area contributed by atoms with Gasteiger partial charge >= 0.3 is 0 Å². The van der Waals surface area contributed by atoms with E-state index in [1.165, 1.54) is 18.3 Å². The number of nitrogens with one attached hydrogen (secondary N) is 2. The number of imidazole rings is 1. The summed E-state index contributed by atoms with van der Waals surface area (Å²) in [5.41, 5.74) is 4.53. The molecule has 144 valence electrons. The number of rotatable bonds is 3. The lowest BCUT2D eigenvalue weighted by Gasteiger charge is -2.32. The molecule has 1 amide bonds. The molecule has 1 unspecified atom stereocenters. The fourth-order valence-corrected chi connectivity index (χ4v) is 3.91. The van der Waals surface area contributed by atoms with E-state index in [4.69, 9.17) is 0 Å². The van der Waals surface area contributed by atoms with Gasteiger partial charge in [-0.3, -0.25) is 9.89 Å². The molecule has 1 aliphatic rings. The first-order valence-corrected chi connectivity index (χ1v) is 9.36. The highest BCUT2D eigenvalue weighted by atomic mass is 19.1. The molecule has 0 radical (unpaired) electrons. The quantitative estimate of drug-likeness (QED) is 0.562. The second-order valence-corrected chi connectivity index (χ2v) is 7.08. The predicted octanol–water partition coefficient (Wildman–Crippen LogP) is 3.73. The highest BCUT2D eigenvalue weighted by molar-refractivity contribution is 5.99. The summed E-state index contributed by atoms with van der Waals surface area (Å²) in [6.45, 7) is 0.944. The summed E-state index contributed by atoms with van der Waals surface area (Å²) in [5, 5.41) is 6.88. The Kier molecular flexibility index (Phi) is 4.20. The zero-order valence-electron chi connectivity index (χ0n) is 15.5. The molecule has 0 bridgehead atoms. The summed E-state index contributed by atoms with van der Waals surface area (Å²) >= 11 is 0. The summed E-state index contributed by atoms with van der Waals surface area (Å²) in [6.07, 6.45) is 3.17. The molecule has 0 spiro atoms. The number of H-pyrrole nitrogens is 2. The van der Waals surface area contributed by atoms with E-state index in [0.717, 1.165) is 17.0 Å². The molecule has 0 aliphatic carbocycles. The van der Waals surface area contributed by atoms with Gasteiger partial charge in [-0.25, -0.2) is 9.37 Å². The highest BCUT2D eigenvalue weighted by Crippen LogP contribution is 2.33. The van der Waals surface area contributed by atoms with Crippen LogP contribution in [-0.2, 0) is 6.54 Å². The van der Waals surface area contributed by atoms with Gasteiger partial charge in [0, 0.05) is 18.0 Å². The average molecular weight is 387 g/mol. The second kappa shape index (κ2) is 7.01. The molecule has 0 saturated heterocycles. The maximum Gasteiger partial charge on any atom is 0.258 e. The fourth-order valence-electron chi connectivity index (χ4n) is 3.91. The van der Waals surface area contributed by atoms with E-state index in [-0.39, 0.29) is 17.6 Å². The molecular formula is C22H18FN5O. The maximum atomic E-state index is 13.7. The molecule has 3 heterocycles. The predicted molar refractivity (Wildman–Crippen MR) is 106 cm³/mol. The van der Waals surface area contributed by atoms with Gasteiger partial charge in [0.25, 0.3) is 5.91 Å². The molecule has 1 aliphatic heterocycles. The first kappa shape index (κ1) is 17.4. The molecule has 1 atom stereocenters. The Morgan fingerprint density at radius 1 is 1.14 bits per heavy atom. The van der Waals surface area contributed by atoms with Crippen molar-refractivity contribution < 1.29 is 9.18 Å². The van der Waals surface area contributed by atoms with E-state index in [0.29, 0.717) is 29.9 Å². The van der Waals surface area contributed by atoms with Crippen molar-refractivity contribution in [2.45, 2.75) is 12.5 Å². The van der Waals surface area contributed by atoms with Gasteiger partial charge in [-0.15, -0.1) is 0 Å². The number of nitrogens with zero attached hydrogens (tertiary/aromatic N) is 3. The lowest BCUT2D eigenvalue weighted by Crippen LogP contribution is -2.38. The Morgan fingerprint density at radius 2 is 2.00 bits per heavy atom. The molecule has 2 aromatic heterocycles. The second-order valence-electron chi connectivity index (χ2n) is 7.08. The van der Waals surface area contributed by atoms with Crippen molar-refractivity contribution in [1.82, 2.24) is 25.1 Å². The number of halogens is 1. The van der Waals surface area contributed by atoms with E-state index in [1.54, 1.807) is 23.4 Å². The molecule has 4 aromatic rings. The average Bonchev–Trinajstić information content (AvgIpc) is 3.42. The number of carbonyl (C=O) groups excluding carboxylic acids is 1. The van der Waals surface area contributed by atoms with Gasteiger partial charge in [-0.1, -0.05) is 42.5 Å². The van der Waals surface area contributed by atoms with E-state index in [1.807, 2.05) is 30.3 Å². The van der Waals surface area contributed by atoms with E-state index in [9.17, 15) is 9.18 Å². The fraction of sp³-hybridized carbons (Fsp3) is 0.136. The third kappa shape index (κ3) is 3.10. The van der Waals surface area contributed by atoms with Crippen LogP contribution < -0.4 is 0 Å². The number of aromatic nitrogens is 4. The zero-order valence-corrected chi connectivity index (χ0v) is 15.5. The van der Waals surface area contributed by atoms with Crippen molar-refractivity contribution in [2.75, 3.05) is 6.54 Å². The number of hydrogen-bond donors (Lipinski definition) is 2. The Morgan fingerprint density at radius 3 is 2.83 bits per heavy atom. The Bertz CT molecular complexity index is 1170. The van der Waals surface area contributed by atoms with Crippen molar-refractivity contribution in [2.24, 2.45) is 0 Å². The maximum absolute atomic E-state index is 13.7. The Labute approximate surface area is 166 Å². The molecule has 2 aromatic carbocycles. The molecule has 2 N–H and O–H groups in total. The van der Waals surface area contributed by atoms with Gasteiger partial charge in [-0.2, -0.15) is 5.10 Å². The third-order valence-corrected chi connectivity index (χ3v) is 5.31. The molecule has 29 heavy (non-hydrogen) atoms. The van der Waals surface area contributed by atoms with Gasteiger partial charge in [0.1, 0.15) is 5.82 Å². The smallest absolute Gasteiger partial charge is 0.258 e. The Balaban J connectivity index is 1.50. The van der Waals surface area contributed by atoms with E-state index >= 15 is 0 Å². The number of carbonyl (C=O) groups is 1. The van der Waals surface area contributed by atoms with Gasteiger partial charge in [0.2, 0.25) is 0 Å². The van der Waals surface area contributed by atoms with Gasteiger partial charge in [0.05, 0.1) is 41.7 Å². The molecule has 5 rings (SSSR count). The van der Waals surface area contributed by atoms with Crippen molar-refractivity contribution >= 4 is 5.91 Å². The molecular weight excluding hydrogens is 369 g/mol. The lowest BCUT2D eigenvalue weighted by atomic mass is 9.90. The Hall–Kier alpha value is -3.74. The molecule has 0 saturated carbocycles. The van der Waals surface area contributed by atoms with Gasteiger partial charge in [-0.05, 0) is 17.7 Å². The van der Waals surface area contributed by atoms with Crippen LogP contribution in [0.1, 0.15) is 33.2 Å². The summed E-state index contributed by atoms with van der Waals surface area (Å²) in [7, 11) is 0. The third-order valence-electron chi connectivity index (χ3n) is 5.31. The minimum absolute atomic E-state index is 0.0142. The van der Waals surface area contributed by atoms with Crippen LogP contribution >= 0.6 is 0 Å². The first-order chi connectivity index (χ1) is 14.2. The lowest BCUT2D eigenvalue weighted by molar-refractivity contribution is 0.0722. The number of fused-ring (bicyclic) bond motifs is 1. The van der Waals surface area contributed by atoms with Crippen molar-refractivity contribution in [3.63, 3.8) is 0 Å². The SMILES string of the molecule is O=C(c1cn[nH]c1-c1cccc(F)c1)N1Cc2[nH]cnc2C(c2ccccc2)C1. The van der Waals surface area contributed by atoms with Gasteiger partial charge in [0.15, 0.2) is 0 Å². The van der Waals surface area contributed by atoms with Crippen molar-refractivity contribution in [1.29, 1.82) is 0 Å². The highest BCUT2D eigenvalue weighted by Gasteiger charge is 2.33. The van der Waals surface area contributed by atoms with Crippen LogP contribution in [-0.4, -0.2) is 37.5 Å². The van der Waals surface area contributed by atoms with Crippen LogP contribution in [0.25, 0.3) is 11.3 Å². The van der Waals surface area contributed by atoms with Gasteiger partial charge < -0.3 is 9.88 Å². The summed E-state index contributed by atoms with van der Waals surface area (Å²) < 4.78 is 13.7. The molecule has 0 fully saturated rings. The summed E-state index contributed by atoms with van der Waals surface area (Å²) in [6, 6.07) is 16.2. The standard InChI is InChI=1S/C22H18FN5O/c23-16-8-4-7-15(9-16)20-17(10-26-27-20)22(29)28-11-18(14-5-2-1-3-6-14)21-19(12-28)24-13-25-21/h1-10,13,18H,11-12H2,(H,24,25)(H,26,27). The number of amides is 1. The summed E-state index contributed by atoms with van der Waals surface area (Å²) in [5.74, 6) is -0.529. The van der Waals surface area contributed by atoms with Crippen LogP contribution in [0.15, 0.2) is 67.1 Å². The van der Waals surface area contributed by atoms with Crippen molar-refractivity contribution in [3.8, 4) is 11.3 Å². The first-order valence-electron chi connectivity index (χ1n) is 9.36. The summed E-state index contributed by atoms with van der Waals surface area (Å²) in [4.78, 5) is 22.8. The van der Waals surface area contributed by atoms with Crippen LogP contribution in [0.4, 0.5) is 4.39 Å². The molecule has 7 heteroatoms. The normalized spacial score (nSPS) is 15.9. The van der Waals surface area contributed by atoms with Crippen LogP contribution in [0, 0.1) is 5.82 Å². The van der Waals surface area contributed by atoms with Crippen LogP contribution in [0.5, 0.6) is 0 Å². The number of aromatic amines is 2. The number of benzene rings is 2. The zero-order chi connectivity index (χ0) is 19.8. The number of hydrogen-bond acceptors (Lipinski definition) is 3. The molecule has 6 nitrogen and oxygen atoms in total. The van der Waals surface area contributed by atoms with E-state index in [2.05, 4.69) is 20.2 Å². The monoisotopic (exact) mass is 387 g/mol.